The molecular formula is C23H28ClNO6. The highest BCUT2D eigenvalue weighted by Crippen LogP contribution is 2.40. The zero-order chi connectivity index (χ0) is 22.8. The van der Waals surface area contributed by atoms with Gasteiger partial charge in [0, 0.05) is 44.6 Å². The van der Waals surface area contributed by atoms with Gasteiger partial charge in [-0.25, -0.2) is 4.79 Å². The lowest BCUT2D eigenvalue weighted by Crippen LogP contribution is -2.32. The third kappa shape index (κ3) is 4.95. The van der Waals surface area contributed by atoms with E-state index in [0.717, 1.165) is 17.5 Å². The number of carbonyl (C=O) groups is 1. The molecule has 0 bridgehead atoms. The van der Waals surface area contributed by atoms with E-state index < -0.39 is 17.0 Å². The normalized spacial score (nSPS) is 17.6. The molecule has 1 fully saturated rings. The Kier molecular flexibility index (Phi) is 7.09. The molecule has 1 aromatic heterocycles. The van der Waals surface area contributed by atoms with Crippen molar-refractivity contribution < 1.29 is 24.1 Å². The lowest BCUT2D eigenvalue weighted by atomic mass is 9.95. The molecule has 0 radical (unpaired) electrons. The number of aryl methyl sites for hydroxylation is 1. The van der Waals surface area contributed by atoms with Crippen LogP contribution in [0.5, 0.6) is 5.75 Å². The van der Waals surface area contributed by atoms with Crippen molar-refractivity contribution in [3.63, 3.8) is 0 Å². The fourth-order valence-corrected chi connectivity index (χ4v) is 4.18. The van der Waals surface area contributed by atoms with Crippen LogP contribution in [0.15, 0.2) is 29.2 Å². The lowest BCUT2D eigenvalue weighted by molar-refractivity contribution is 0.0144. The number of hydrogen-bond donors (Lipinski definition) is 1. The van der Waals surface area contributed by atoms with Crippen LogP contribution in [0.1, 0.15) is 48.7 Å². The highest BCUT2D eigenvalue weighted by molar-refractivity contribution is 6.32. The van der Waals surface area contributed by atoms with Crippen LogP contribution >= 0.6 is 11.6 Å². The first-order chi connectivity index (χ1) is 14.7. The minimum absolute atomic E-state index is 0.135. The summed E-state index contributed by atoms with van der Waals surface area (Å²) in [5, 5.41) is 9.91. The van der Waals surface area contributed by atoms with Crippen molar-refractivity contribution in [2.24, 2.45) is 0 Å². The van der Waals surface area contributed by atoms with E-state index in [4.69, 9.17) is 25.8 Å². The molecule has 2 heterocycles. The molecule has 0 amide bonds. The minimum Gasteiger partial charge on any atom is -0.492 e. The van der Waals surface area contributed by atoms with E-state index in [0.29, 0.717) is 42.7 Å². The maximum Gasteiger partial charge on any atom is 0.341 e. The van der Waals surface area contributed by atoms with E-state index in [9.17, 15) is 14.7 Å². The van der Waals surface area contributed by atoms with Crippen molar-refractivity contribution in [1.82, 2.24) is 4.57 Å². The van der Waals surface area contributed by atoms with E-state index in [-0.39, 0.29) is 11.6 Å². The molecule has 1 N–H and O–H groups in total. The average Bonchev–Trinajstić information content (AvgIpc) is 3.06. The van der Waals surface area contributed by atoms with Crippen molar-refractivity contribution in [3.05, 3.63) is 50.8 Å². The Morgan fingerprint density at radius 1 is 1.32 bits per heavy atom. The van der Waals surface area contributed by atoms with Crippen molar-refractivity contribution >= 4 is 17.6 Å². The molecule has 8 heteroatoms. The summed E-state index contributed by atoms with van der Waals surface area (Å²) in [6, 6.07) is 4.83. The van der Waals surface area contributed by atoms with Gasteiger partial charge in [0.15, 0.2) is 5.43 Å². The average molecular weight is 450 g/mol. The maximum atomic E-state index is 12.6. The third-order valence-corrected chi connectivity index (χ3v) is 5.91. The summed E-state index contributed by atoms with van der Waals surface area (Å²) in [7, 11) is 1.64. The van der Waals surface area contributed by atoms with Crippen LogP contribution in [0, 0.1) is 6.92 Å². The fraction of sp³-hybridized carbons (Fsp3) is 0.478. The molecule has 1 aliphatic heterocycles. The monoisotopic (exact) mass is 449 g/mol. The maximum absolute atomic E-state index is 12.6. The zero-order valence-corrected chi connectivity index (χ0v) is 19.0. The number of aromatic carboxylic acids is 1. The van der Waals surface area contributed by atoms with Gasteiger partial charge >= 0.3 is 5.97 Å². The summed E-state index contributed by atoms with van der Waals surface area (Å²) in [4.78, 5) is 24.2. The van der Waals surface area contributed by atoms with Gasteiger partial charge in [-0.05, 0) is 44.9 Å². The Morgan fingerprint density at radius 3 is 2.68 bits per heavy atom. The first kappa shape index (κ1) is 23.3. The van der Waals surface area contributed by atoms with Crippen LogP contribution in [0.25, 0.3) is 11.3 Å². The number of carboxylic acids is 1. The number of carboxylic acid groups (broad SMARTS) is 1. The fourth-order valence-electron chi connectivity index (χ4n) is 3.96. The van der Waals surface area contributed by atoms with Gasteiger partial charge in [-0.3, -0.25) is 4.79 Å². The Labute approximate surface area is 186 Å². The molecule has 7 nitrogen and oxygen atoms in total. The van der Waals surface area contributed by atoms with Gasteiger partial charge in [0.1, 0.15) is 11.3 Å². The van der Waals surface area contributed by atoms with Gasteiger partial charge in [-0.15, -0.1) is 0 Å². The van der Waals surface area contributed by atoms with Gasteiger partial charge in [-0.1, -0.05) is 11.6 Å². The number of hydrogen-bond acceptors (Lipinski definition) is 5. The van der Waals surface area contributed by atoms with Gasteiger partial charge in [-0.2, -0.15) is 0 Å². The smallest absolute Gasteiger partial charge is 0.341 e. The van der Waals surface area contributed by atoms with Crippen LogP contribution in [0.4, 0.5) is 0 Å². The lowest BCUT2D eigenvalue weighted by Gasteiger charge is -2.31. The molecule has 1 aliphatic rings. The van der Waals surface area contributed by atoms with Crippen LogP contribution in [0.2, 0.25) is 5.02 Å². The number of halogens is 1. The Morgan fingerprint density at radius 2 is 2.06 bits per heavy atom. The van der Waals surface area contributed by atoms with E-state index in [1.54, 1.807) is 13.2 Å². The minimum atomic E-state index is -1.25. The molecule has 1 atom stereocenters. The second-order valence-electron chi connectivity index (χ2n) is 8.20. The number of rotatable bonds is 8. The van der Waals surface area contributed by atoms with E-state index in [1.165, 1.54) is 12.3 Å². The number of ether oxygens (including phenoxy) is 3. The van der Waals surface area contributed by atoms with Crippen LogP contribution in [-0.4, -0.2) is 48.2 Å². The SMILES string of the molecule is COCCCOc1cc(C)c(-c2cc(=O)c(C(=O)O)cn2[C@H]2CCOC2(C)C)cc1Cl. The first-order valence-electron chi connectivity index (χ1n) is 10.2. The number of methoxy groups -OCH3 is 1. The molecular weight excluding hydrogens is 422 g/mol. The molecule has 168 valence electrons. The number of nitrogens with zero attached hydrogens (tertiary/aromatic N) is 1. The molecule has 31 heavy (non-hydrogen) atoms. The number of aromatic nitrogens is 1. The molecule has 0 spiro atoms. The zero-order valence-electron chi connectivity index (χ0n) is 18.2. The number of pyridine rings is 1. The van der Waals surface area contributed by atoms with Crippen LogP contribution in [-0.2, 0) is 9.47 Å². The molecule has 2 aromatic rings. The van der Waals surface area contributed by atoms with E-state index >= 15 is 0 Å². The molecule has 3 rings (SSSR count). The Balaban J connectivity index is 2.09. The standard InChI is InChI=1S/C23H28ClNO6/c1-14-10-20(30-8-5-7-29-4)17(24)11-15(14)18-12-19(26)16(22(27)28)13-25(18)21-6-9-31-23(21,2)3/h10-13,21H,5-9H2,1-4H3,(H,27,28)/t21-/m0/s1. The summed E-state index contributed by atoms with van der Waals surface area (Å²) in [5.74, 6) is -0.698. The second kappa shape index (κ2) is 9.42. The summed E-state index contributed by atoms with van der Waals surface area (Å²) >= 11 is 6.49. The van der Waals surface area contributed by atoms with E-state index in [1.807, 2.05) is 31.4 Å². The first-order valence-corrected chi connectivity index (χ1v) is 10.6. The summed E-state index contributed by atoms with van der Waals surface area (Å²) < 4.78 is 18.5. The second-order valence-corrected chi connectivity index (χ2v) is 8.60. The molecule has 0 saturated carbocycles. The van der Waals surface area contributed by atoms with Crippen LogP contribution < -0.4 is 10.2 Å². The highest BCUT2D eigenvalue weighted by Gasteiger charge is 2.38. The Hall–Kier alpha value is -2.35. The largest absolute Gasteiger partial charge is 0.492 e. The van der Waals surface area contributed by atoms with Gasteiger partial charge in [0.2, 0.25) is 0 Å². The van der Waals surface area contributed by atoms with Gasteiger partial charge in [0.25, 0.3) is 0 Å². The van der Waals surface area contributed by atoms with Crippen molar-refractivity contribution in [3.8, 4) is 17.0 Å². The highest BCUT2D eigenvalue weighted by atomic mass is 35.5. The quantitative estimate of drug-likeness (QED) is 0.603. The van der Waals surface area contributed by atoms with Gasteiger partial charge in [0.05, 0.1) is 29.0 Å². The Bertz CT molecular complexity index is 1030. The predicted octanol–water partition coefficient (Wildman–Crippen LogP) is 4.33. The van der Waals surface area contributed by atoms with Crippen molar-refractivity contribution in [2.75, 3.05) is 26.9 Å². The van der Waals surface area contributed by atoms with Crippen LogP contribution in [0.3, 0.4) is 0 Å². The summed E-state index contributed by atoms with van der Waals surface area (Å²) in [6.45, 7) is 7.45. The molecule has 0 unspecified atom stereocenters. The van der Waals surface area contributed by atoms with E-state index in [2.05, 4.69) is 0 Å². The number of benzene rings is 1. The van der Waals surface area contributed by atoms with Crippen molar-refractivity contribution in [2.45, 2.75) is 45.3 Å². The molecule has 1 saturated heterocycles. The predicted molar refractivity (Wildman–Crippen MR) is 119 cm³/mol. The topological polar surface area (TPSA) is 87.0 Å². The summed E-state index contributed by atoms with van der Waals surface area (Å²) in [5.41, 5.74) is 0.870. The van der Waals surface area contributed by atoms with Crippen molar-refractivity contribution in [1.29, 1.82) is 0 Å². The molecule has 0 aliphatic carbocycles. The third-order valence-electron chi connectivity index (χ3n) is 5.62. The van der Waals surface area contributed by atoms with Gasteiger partial charge < -0.3 is 23.9 Å². The summed E-state index contributed by atoms with van der Waals surface area (Å²) in [6.07, 6.45) is 2.86. The molecule has 1 aromatic carbocycles.